The Morgan fingerprint density at radius 3 is 2.44 bits per heavy atom. The van der Waals surface area contributed by atoms with Crippen LogP contribution in [0.5, 0.6) is 5.75 Å². The molecule has 0 bridgehead atoms. The smallest absolute Gasteiger partial charge is 0.118 e. The third kappa shape index (κ3) is 2.85. The molecular formula is C15H23NO2. The molecule has 1 aliphatic rings. The Bertz CT molecular complexity index is 375. The first-order valence-electron chi connectivity index (χ1n) is 6.63. The van der Waals surface area contributed by atoms with Gasteiger partial charge in [0.05, 0.1) is 19.8 Å². The van der Waals surface area contributed by atoms with E-state index in [0.29, 0.717) is 18.0 Å². The van der Waals surface area contributed by atoms with Crippen LogP contribution >= 0.6 is 0 Å². The van der Waals surface area contributed by atoms with Crippen LogP contribution in [0.3, 0.4) is 0 Å². The van der Waals surface area contributed by atoms with Gasteiger partial charge in [-0.2, -0.15) is 0 Å². The fourth-order valence-electron chi connectivity index (χ4n) is 2.39. The van der Waals surface area contributed by atoms with Crippen molar-refractivity contribution in [3.05, 3.63) is 29.8 Å². The summed E-state index contributed by atoms with van der Waals surface area (Å²) < 4.78 is 11.2. The maximum absolute atomic E-state index is 6.02. The molecule has 0 aromatic heterocycles. The average molecular weight is 249 g/mol. The van der Waals surface area contributed by atoms with E-state index in [2.05, 4.69) is 38.2 Å². The molecule has 1 saturated heterocycles. The molecule has 3 nitrogen and oxygen atoms in total. The van der Waals surface area contributed by atoms with Gasteiger partial charge >= 0.3 is 0 Å². The molecule has 3 heteroatoms. The van der Waals surface area contributed by atoms with Gasteiger partial charge in [0.2, 0.25) is 0 Å². The number of methoxy groups -OCH3 is 1. The molecule has 100 valence electrons. The maximum Gasteiger partial charge on any atom is 0.118 e. The van der Waals surface area contributed by atoms with Crippen LogP contribution < -0.4 is 10.1 Å². The molecule has 18 heavy (non-hydrogen) atoms. The largest absolute Gasteiger partial charge is 0.497 e. The van der Waals surface area contributed by atoms with Crippen LogP contribution in [-0.2, 0) is 4.74 Å². The van der Waals surface area contributed by atoms with Crippen LogP contribution in [-0.4, -0.2) is 25.8 Å². The van der Waals surface area contributed by atoms with E-state index in [1.54, 1.807) is 7.11 Å². The van der Waals surface area contributed by atoms with E-state index in [-0.39, 0.29) is 6.10 Å². The minimum absolute atomic E-state index is 0.130. The minimum atomic E-state index is 0.130. The van der Waals surface area contributed by atoms with E-state index in [4.69, 9.17) is 9.47 Å². The second kappa shape index (κ2) is 5.72. The molecule has 0 spiro atoms. The normalized spacial score (nSPS) is 28.4. The highest BCUT2D eigenvalue weighted by atomic mass is 16.5. The molecule has 1 aliphatic heterocycles. The fourth-order valence-corrected chi connectivity index (χ4v) is 2.39. The number of nitrogens with one attached hydrogen (secondary N) is 1. The summed E-state index contributed by atoms with van der Waals surface area (Å²) in [5.41, 5.74) is 1.21. The molecular weight excluding hydrogens is 226 g/mol. The Morgan fingerprint density at radius 2 is 1.94 bits per heavy atom. The second-order valence-corrected chi connectivity index (χ2v) is 5.33. The van der Waals surface area contributed by atoms with Crippen molar-refractivity contribution in [2.24, 2.45) is 5.92 Å². The average Bonchev–Trinajstić information content (AvgIpc) is 2.38. The molecule has 0 aliphatic carbocycles. The standard InChI is InChI=1S/C15H23NO2/c1-10(2)14-9-18-15(11(3)16-14)12-5-7-13(17-4)8-6-12/h5-8,10-11,14-16H,9H2,1-4H3. The first-order chi connectivity index (χ1) is 8.61. The monoisotopic (exact) mass is 249 g/mol. The van der Waals surface area contributed by atoms with Crippen molar-refractivity contribution in [2.45, 2.75) is 39.0 Å². The molecule has 1 N–H and O–H groups in total. The Balaban J connectivity index is 2.05. The summed E-state index contributed by atoms with van der Waals surface area (Å²) in [6.45, 7) is 7.41. The van der Waals surface area contributed by atoms with Crippen molar-refractivity contribution in [3.8, 4) is 5.75 Å². The summed E-state index contributed by atoms with van der Waals surface area (Å²) >= 11 is 0. The van der Waals surface area contributed by atoms with Gasteiger partial charge in [0.25, 0.3) is 0 Å². The second-order valence-electron chi connectivity index (χ2n) is 5.33. The van der Waals surface area contributed by atoms with Crippen LogP contribution in [0.2, 0.25) is 0 Å². The highest BCUT2D eigenvalue weighted by Gasteiger charge is 2.29. The number of hydrogen-bond donors (Lipinski definition) is 1. The zero-order chi connectivity index (χ0) is 13.1. The molecule has 3 atom stereocenters. The lowest BCUT2D eigenvalue weighted by molar-refractivity contribution is -0.0339. The van der Waals surface area contributed by atoms with Crippen molar-refractivity contribution in [2.75, 3.05) is 13.7 Å². The summed E-state index contributed by atoms with van der Waals surface area (Å²) in [5.74, 6) is 1.49. The molecule has 0 saturated carbocycles. The van der Waals surface area contributed by atoms with Crippen molar-refractivity contribution in [3.63, 3.8) is 0 Å². The van der Waals surface area contributed by atoms with Gasteiger partial charge in [-0.25, -0.2) is 0 Å². The van der Waals surface area contributed by atoms with Crippen molar-refractivity contribution in [1.82, 2.24) is 5.32 Å². The summed E-state index contributed by atoms with van der Waals surface area (Å²) in [6, 6.07) is 8.92. The highest BCUT2D eigenvalue weighted by Crippen LogP contribution is 2.27. The van der Waals surface area contributed by atoms with E-state index in [0.717, 1.165) is 12.4 Å². The van der Waals surface area contributed by atoms with Gasteiger partial charge < -0.3 is 14.8 Å². The van der Waals surface area contributed by atoms with Crippen molar-refractivity contribution >= 4 is 0 Å². The number of rotatable bonds is 3. The Labute approximate surface area is 109 Å². The minimum Gasteiger partial charge on any atom is -0.497 e. The Kier molecular flexibility index (Phi) is 4.25. The fraction of sp³-hybridized carbons (Fsp3) is 0.600. The van der Waals surface area contributed by atoms with Gasteiger partial charge in [0, 0.05) is 12.1 Å². The van der Waals surface area contributed by atoms with Crippen LogP contribution in [0.1, 0.15) is 32.4 Å². The first-order valence-corrected chi connectivity index (χ1v) is 6.63. The Morgan fingerprint density at radius 1 is 1.28 bits per heavy atom. The quantitative estimate of drug-likeness (QED) is 0.893. The van der Waals surface area contributed by atoms with E-state index in [1.165, 1.54) is 5.56 Å². The van der Waals surface area contributed by atoms with Crippen molar-refractivity contribution < 1.29 is 9.47 Å². The Hall–Kier alpha value is -1.06. The summed E-state index contributed by atoms with van der Waals surface area (Å²) in [5, 5.41) is 3.64. The number of morpholine rings is 1. The van der Waals surface area contributed by atoms with Crippen LogP contribution in [0, 0.1) is 5.92 Å². The predicted molar refractivity (Wildman–Crippen MR) is 72.9 cm³/mol. The molecule has 3 unspecified atom stereocenters. The topological polar surface area (TPSA) is 30.5 Å². The molecule has 1 heterocycles. The maximum atomic E-state index is 6.02. The van der Waals surface area contributed by atoms with Crippen molar-refractivity contribution in [1.29, 1.82) is 0 Å². The van der Waals surface area contributed by atoms with Gasteiger partial charge in [0.15, 0.2) is 0 Å². The molecule has 1 fully saturated rings. The van der Waals surface area contributed by atoms with Gasteiger partial charge in [-0.15, -0.1) is 0 Å². The zero-order valence-electron chi connectivity index (χ0n) is 11.6. The third-order valence-electron chi connectivity index (χ3n) is 3.64. The van der Waals surface area contributed by atoms with Crippen LogP contribution in [0.15, 0.2) is 24.3 Å². The lowest BCUT2D eigenvalue weighted by Crippen LogP contribution is -2.51. The molecule has 0 radical (unpaired) electrons. The van der Waals surface area contributed by atoms with E-state index < -0.39 is 0 Å². The van der Waals surface area contributed by atoms with Gasteiger partial charge in [-0.05, 0) is 30.5 Å². The van der Waals surface area contributed by atoms with Crippen LogP contribution in [0.4, 0.5) is 0 Å². The number of hydrogen-bond acceptors (Lipinski definition) is 3. The number of ether oxygens (including phenoxy) is 2. The summed E-state index contributed by atoms with van der Waals surface area (Å²) in [4.78, 5) is 0. The van der Waals surface area contributed by atoms with E-state index >= 15 is 0 Å². The van der Waals surface area contributed by atoms with E-state index in [9.17, 15) is 0 Å². The van der Waals surface area contributed by atoms with Gasteiger partial charge in [0.1, 0.15) is 5.75 Å². The summed E-state index contributed by atoms with van der Waals surface area (Å²) in [7, 11) is 1.68. The third-order valence-corrected chi connectivity index (χ3v) is 3.64. The van der Waals surface area contributed by atoms with Gasteiger partial charge in [-0.1, -0.05) is 26.0 Å². The van der Waals surface area contributed by atoms with Crippen LogP contribution in [0.25, 0.3) is 0 Å². The first kappa shape index (κ1) is 13.4. The van der Waals surface area contributed by atoms with Gasteiger partial charge in [-0.3, -0.25) is 0 Å². The molecule has 1 aromatic carbocycles. The lowest BCUT2D eigenvalue weighted by atomic mass is 9.96. The molecule has 0 amide bonds. The SMILES string of the molecule is COc1ccc(C2OCC(C(C)C)NC2C)cc1. The highest BCUT2D eigenvalue weighted by molar-refractivity contribution is 5.29. The molecule has 2 rings (SSSR count). The summed E-state index contributed by atoms with van der Waals surface area (Å²) in [6.07, 6.45) is 0.130. The number of benzene rings is 1. The predicted octanol–water partition coefficient (Wildman–Crippen LogP) is 2.77. The zero-order valence-corrected chi connectivity index (χ0v) is 11.6. The lowest BCUT2D eigenvalue weighted by Gasteiger charge is -2.37. The molecule has 1 aromatic rings. The van der Waals surface area contributed by atoms with E-state index in [1.807, 2.05) is 12.1 Å².